The lowest BCUT2D eigenvalue weighted by Gasteiger charge is -2.14. The van der Waals surface area contributed by atoms with Gasteiger partial charge in [0.1, 0.15) is 0 Å². The van der Waals surface area contributed by atoms with Crippen molar-refractivity contribution in [2.45, 2.75) is 32.9 Å². The number of hydrogen-bond acceptors (Lipinski definition) is 2. The normalized spacial score (nSPS) is 12.6. The summed E-state index contributed by atoms with van der Waals surface area (Å²) in [6.07, 6.45) is 5.04. The SMILES string of the molecule is CCc1ccc(C(C)NCc2cnn(C)c2)cc1. The zero-order chi connectivity index (χ0) is 13.0. The Morgan fingerprint density at radius 1 is 1.22 bits per heavy atom. The van der Waals surface area contributed by atoms with Gasteiger partial charge in [0.15, 0.2) is 0 Å². The van der Waals surface area contributed by atoms with Crippen LogP contribution in [0.3, 0.4) is 0 Å². The van der Waals surface area contributed by atoms with Crippen molar-refractivity contribution in [3.63, 3.8) is 0 Å². The maximum absolute atomic E-state index is 4.17. The lowest BCUT2D eigenvalue weighted by molar-refractivity contribution is 0.574. The van der Waals surface area contributed by atoms with Crippen LogP contribution in [0.25, 0.3) is 0 Å². The van der Waals surface area contributed by atoms with Crippen molar-refractivity contribution in [1.82, 2.24) is 15.1 Å². The van der Waals surface area contributed by atoms with Gasteiger partial charge in [-0.15, -0.1) is 0 Å². The first-order valence-electron chi connectivity index (χ1n) is 6.48. The molecule has 0 aliphatic rings. The van der Waals surface area contributed by atoms with Crippen LogP contribution < -0.4 is 5.32 Å². The van der Waals surface area contributed by atoms with Gasteiger partial charge in [0.25, 0.3) is 0 Å². The van der Waals surface area contributed by atoms with Crippen molar-refractivity contribution in [2.75, 3.05) is 0 Å². The second kappa shape index (κ2) is 5.83. The lowest BCUT2D eigenvalue weighted by Crippen LogP contribution is -2.17. The van der Waals surface area contributed by atoms with Gasteiger partial charge < -0.3 is 5.32 Å². The third kappa shape index (κ3) is 3.20. The van der Waals surface area contributed by atoms with E-state index >= 15 is 0 Å². The molecule has 1 unspecified atom stereocenters. The quantitative estimate of drug-likeness (QED) is 0.875. The molecule has 1 aromatic carbocycles. The van der Waals surface area contributed by atoms with E-state index in [1.165, 1.54) is 16.7 Å². The van der Waals surface area contributed by atoms with E-state index in [9.17, 15) is 0 Å². The molecule has 1 atom stereocenters. The van der Waals surface area contributed by atoms with Gasteiger partial charge in [0.2, 0.25) is 0 Å². The Kier molecular flexibility index (Phi) is 4.15. The third-order valence-corrected chi connectivity index (χ3v) is 3.26. The lowest BCUT2D eigenvalue weighted by atomic mass is 10.0. The number of rotatable bonds is 5. The molecular weight excluding hydrogens is 222 g/mol. The molecule has 0 radical (unpaired) electrons. The van der Waals surface area contributed by atoms with Crippen molar-refractivity contribution < 1.29 is 0 Å². The van der Waals surface area contributed by atoms with Gasteiger partial charge >= 0.3 is 0 Å². The number of benzene rings is 1. The van der Waals surface area contributed by atoms with Gasteiger partial charge in [-0.2, -0.15) is 5.10 Å². The highest BCUT2D eigenvalue weighted by atomic mass is 15.2. The van der Waals surface area contributed by atoms with Crippen LogP contribution in [0, 0.1) is 0 Å². The Balaban J connectivity index is 1.92. The molecule has 1 N–H and O–H groups in total. The van der Waals surface area contributed by atoms with Gasteiger partial charge in [0.05, 0.1) is 6.20 Å². The van der Waals surface area contributed by atoms with Gasteiger partial charge in [-0.05, 0) is 24.5 Å². The molecule has 0 amide bonds. The fourth-order valence-electron chi connectivity index (χ4n) is 1.99. The summed E-state index contributed by atoms with van der Waals surface area (Å²) >= 11 is 0. The highest BCUT2D eigenvalue weighted by Crippen LogP contribution is 2.14. The minimum Gasteiger partial charge on any atom is -0.306 e. The monoisotopic (exact) mass is 243 g/mol. The fourth-order valence-corrected chi connectivity index (χ4v) is 1.99. The zero-order valence-corrected chi connectivity index (χ0v) is 11.4. The molecule has 3 heteroatoms. The van der Waals surface area contributed by atoms with E-state index in [-0.39, 0.29) is 0 Å². The molecular formula is C15H21N3. The summed E-state index contributed by atoms with van der Waals surface area (Å²) in [5, 5.41) is 7.68. The summed E-state index contributed by atoms with van der Waals surface area (Å²) in [5.41, 5.74) is 3.93. The van der Waals surface area contributed by atoms with E-state index in [0.717, 1.165) is 13.0 Å². The van der Waals surface area contributed by atoms with Gasteiger partial charge in [-0.25, -0.2) is 0 Å². The van der Waals surface area contributed by atoms with Crippen molar-refractivity contribution in [3.8, 4) is 0 Å². The Labute approximate surface area is 109 Å². The first kappa shape index (κ1) is 12.8. The van der Waals surface area contributed by atoms with Crippen LogP contribution in [0.2, 0.25) is 0 Å². The Morgan fingerprint density at radius 2 is 1.94 bits per heavy atom. The molecule has 1 aromatic heterocycles. The highest BCUT2D eigenvalue weighted by Gasteiger charge is 2.05. The second-order valence-electron chi connectivity index (χ2n) is 4.72. The largest absolute Gasteiger partial charge is 0.306 e. The van der Waals surface area contributed by atoms with E-state index in [2.05, 4.69) is 48.5 Å². The molecule has 0 saturated carbocycles. The van der Waals surface area contributed by atoms with Gasteiger partial charge in [0, 0.05) is 31.4 Å². The molecule has 18 heavy (non-hydrogen) atoms. The standard InChI is InChI=1S/C15H21N3/c1-4-13-5-7-15(8-6-13)12(2)16-9-14-10-17-18(3)11-14/h5-8,10-12,16H,4,9H2,1-3H3. The summed E-state index contributed by atoms with van der Waals surface area (Å²) in [5.74, 6) is 0. The van der Waals surface area contributed by atoms with E-state index in [0.29, 0.717) is 6.04 Å². The number of aromatic nitrogens is 2. The highest BCUT2D eigenvalue weighted by molar-refractivity contribution is 5.24. The topological polar surface area (TPSA) is 29.9 Å². The van der Waals surface area contributed by atoms with E-state index in [4.69, 9.17) is 0 Å². The number of nitrogens with zero attached hydrogens (tertiary/aromatic N) is 2. The molecule has 0 spiro atoms. The van der Waals surface area contributed by atoms with Crippen LogP contribution in [0.5, 0.6) is 0 Å². The summed E-state index contributed by atoms with van der Waals surface area (Å²) < 4.78 is 1.83. The van der Waals surface area contributed by atoms with E-state index in [1.54, 1.807) is 0 Å². The molecule has 0 fully saturated rings. The van der Waals surface area contributed by atoms with Crippen LogP contribution in [-0.2, 0) is 20.0 Å². The summed E-state index contributed by atoms with van der Waals surface area (Å²) in [6.45, 7) is 5.22. The third-order valence-electron chi connectivity index (χ3n) is 3.26. The first-order valence-corrected chi connectivity index (χ1v) is 6.48. The molecule has 2 aromatic rings. The fraction of sp³-hybridized carbons (Fsp3) is 0.400. The average Bonchev–Trinajstić information content (AvgIpc) is 2.82. The molecule has 0 bridgehead atoms. The molecule has 2 rings (SSSR count). The van der Waals surface area contributed by atoms with Crippen molar-refractivity contribution in [1.29, 1.82) is 0 Å². The molecule has 0 aliphatic heterocycles. The van der Waals surface area contributed by atoms with Gasteiger partial charge in [-0.1, -0.05) is 31.2 Å². The molecule has 0 saturated heterocycles. The molecule has 96 valence electrons. The summed E-state index contributed by atoms with van der Waals surface area (Å²) in [6, 6.07) is 9.19. The van der Waals surface area contributed by atoms with Crippen LogP contribution in [-0.4, -0.2) is 9.78 Å². The van der Waals surface area contributed by atoms with Crippen molar-refractivity contribution >= 4 is 0 Å². The average molecular weight is 243 g/mol. The van der Waals surface area contributed by atoms with Crippen molar-refractivity contribution in [2.24, 2.45) is 7.05 Å². The number of aryl methyl sites for hydroxylation is 2. The Hall–Kier alpha value is -1.61. The maximum Gasteiger partial charge on any atom is 0.0534 e. The smallest absolute Gasteiger partial charge is 0.0534 e. The Bertz CT molecular complexity index is 485. The summed E-state index contributed by atoms with van der Waals surface area (Å²) in [7, 11) is 1.94. The Morgan fingerprint density at radius 3 is 2.50 bits per heavy atom. The predicted octanol–water partition coefficient (Wildman–Crippen LogP) is 2.83. The van der Waals surface area contributed by atoms with Crippen molar-refractivity contribution in [3.05, 3.63) is 53.3 Å². The zero-order valence-electron chi connectivity index (χ0n) is 11.4. The van der Waals surface area contributed by atoms with Crippen LogP contribution in [0.1, 0.15) is 36.6 Å². The van der Waals surface area contributed by atoms with E-state index in [1.807, 2.05) is 24.1 Å². The number of nitrogens with one attached hydrogen (secondary N) is 1. The summed E-state index contributed by atoms with van der Waals surface area (Å²) in [4.78, 5) is 0. The molecule has 1 heterocycles. The van der Waals surface area contributed by atoms with Crippen LogP contribution in [0.15, 0.2) is 36.7 Å². The van der Waals surface area contributed by atoms with Crippen LogP contribution >= 0.6 is 0 Å². The number of hydrogen-bond donors (Lipinski definition) is 1. The second-order valence-corrected chi connectivity index (χ2v) is 4.72. The minimum atomic E-state index is 0.358. The molecule has 3 nitrogen and oxygen atoms in total. The maximum atomic E-state index is 4.17. The van der Waals surface area contributed by atoms with Gasteiger partial charge in [-0.3, -0.25) is 4.68 Å². The van der Waals surface area contributed by atoms with Crippen LogP contribution in [0.4, 0.5) is 0 Å². The predicted molar refractivity (Wildman–Crippen MR) is 74.3 cm³/mol. The molecule has 0 aliphatic carbocycles. The van der Waals surface area contributed by atoms with E-state index < -0.39 is 0 Å². The minimum absolute atomic E-state index is 0.358. The first-order chi connectivity index (χ1) is 8.69.